The van der Waals surface area contributed by atoms with Crippen molar-refractivity contribution in [2.45, 2.75) is 32.6 Å². The van der Waals surface area contributed by atoms with Gasteiger partial charge in [0.05, 0.1) is 0 Å². The van der Waals surface area contributed by atoms with E-state index in [9.17, 15) is 4.79 Å². The molecular weight excluding hydrogens is 222 g/mol. The van der Waals surface area contributed by atoms with E-state index in [0.717, 1.165) is 12.0 Å². The highest BCUT2D eigenvalue weighted by molar-refractivity contribution is 5.33. The zero-order valence-corrected chi connectivity index (χ0v) is 11.2. The van der Waals surface area contributed by atoms with Crippen molar-refractivity contribution >= 4 is 0 Å². The van der Waals surface area contributed by atoms with Crippen molar-refractivity contribution in [3.8, 4) is 0 Å². The van der Waals surface area contributed by atoms with Crippen molar-refractivity contribution in [2.75, 3.05) is 0 Å². The maximum atomic E-state index is 11.1. The first-order chi connectivity index (χ1) is 8.49. The fraction of sp³-hybridized carbons (Fsp3) is 0.312. The second kappa shape index (κ2) is 4.81. The van der Waals surface area contributed by atoms with E-state index in [4.69, 9.17) is 0 Å². The van der Waals surface area contributed by atoms with Gasteiger partial charge < -0.3 is 4.98 Å². The fourth-order valence-corrected chi connectivity index (χ4v) is 2.49. The molecule has 0 saturated heterocycles. The zero-order chi connectivity index (χ0) is 13.2. The second-order valence-corrected chi connectivity index (χ2v) is 5.44. The summed E-state index contributed by atoms with van der Waals surface area (Å²) in [5.74, 6) is 0. The molecule has 0 aliphatic rings. The van der Waals surface area contributed by atoms with E-state index in [0.29, 0.717) is 0 Å². The van der Waals surface area contributed by atoms with Crippen molar-refractivity contribution in [3.05, 3.63) is 69.6 Å². The van der Waals surface area contributed by atoms with Gasteiger partial charge in [-0.05, 0) is 35.4 Å². The molecule has 2 aromatic rings. The van der Waals surface area contributed by atoms with Crippen molar-refractivity contribution in [3.63, 3.8) is 0 Å². The topological polar surface area (TPSA) is 32.9 Å². The van der Waals surface area contributed by atoms with E-state index in [1.807, 2.05) is 12.3 Å². The molecule has 0 fully saturated rings. The number of pyridine rings is 1. The molecule has 0 atom stereocenters. The van der Waals surface area contributed by atoms with E-state index >= 15 is 0 Å². The van der Waals surface area contributed by atoms with E-state index < -0.39 is 0 Å². The van der Waals surface area contributed by atoms with Gasteiger partial charge >= 0.3 is 0 Å². The summed E-state index contributed by atoms with van der Waals surface area (Å²) < 4.78 is 0. The van der Waals surface area contributed by atoms with Crippen molar-refractivity contribution < 1.29 is 0 Å². The Hall–Kier alpha value is -1.83. The summed E-state index contributed by atoms with van der Waals surface area (Å²) in [6.07, 6.45) is 2.72. The van der Waals surface area contributed by atoms with Crippen LogP contribution in [-0.4, -0.2) is 4.98 Å². The van der Waals surface area contributed by atoms with Crippen LogP contribution >= 0.6 is 0 Å². The van der Waals surface area contributed by atoms with Crippen LogP contribution < -0.4 is 5.56 Å². The summed E-state index contributed by atoms with van der Waals surface area (Å²) in [6, 6.07) is 12.0. The predicted octanol–water partition coefficient (Wildman–Crippen LogP) is 3.20. The van der Waals surface area contributed by atoms with Gasteiger partial charge in [0.2, 0.25) is 5.56 Å². The van der Waals surface area contributed by atoms with E-state index in [1.165, 1.54) is 11.1 Å². The van der Waals surface area contributed by atoms with Gasteiger partial charge in [-0.2, -0.15) is 0 Å². The number of aryl methyl sites for hydroxylation is 1. The minimum Gasteiger partial charge on any atom is -0.329 e. The van der Waals surface area contributed by atoms with Crippen LogP contribution in [0.5, 0.6) is 0 Å². The van der Waals surface area contributed by atoms with Crippen molar-refractivity contribution in [1.29, 1.82) is 0 Å². The van der Waals surface area contributed by atoms with Gasteiger partial charge in [0.1, 0.15) is 0 Å². The predicted molar refractivity (Wildman–Crippen MR) is 75.0 cm³/mol. The minimum absolute atomic E-state index is 0.0487. The third-order valence-corrected chi connectivity index (χ3v) is 3.37. The highest BCUT2D eigenvalue weighted by atomic mass is 16.1. The molecule has 1 N–H and O–H groups in total. The van der Waals surface area contributed by atoms with E-state index in [1.54, 1.807) is 6.07 Å². The average Bonchev–Trinajstić information content (AvgIpc) is 2.32. The van der Waals surface area contributed by atoms with E-state index in [-0.39, 0.29) is 11.0 Å². The van der Waals surface area contributed by atoms with Gasteiger partial charge in [0.15, 0.2) is 0 Å². The lowest BCUT2D eigenvalue weighted by Crippen LogP contribution is -2.22. The summed E-state index contributed by atoms with van der Waals surface area (Å²) >= 11 is 0. The first-order valence-electron chi connectivity index (χ1n) is 6.23. The fourth-order valence-electron chi connectivity index (χ4n) is 2.49. The third-order valence-electron chi connectivity index (χ3n) is 3.37. The van der Waals surface area contributed by atoms with Crippen LogP contribution in [0.15, 0.2) is 47.4 Å². The molecule has 0 aliphatic carbocycles. The quantitative estimate of drug-likeness (QED) is 0.879. The summed E-state index contributed by atoms with van der Waals surface area (Å²) in [5, 5.41) is 0. The molecule has 2 rings (SSSR count). The normalized spacial score (nSPS) is 11.5. The van der Waals surface area contributed by atoms with Gasteiger partial charge in [-0.1, -0.05) is 44.2 Å². The molecular formula is C16H19NO. The van der Waals surface area contributed by atoms with Gasteiger partial charge in [0, 0.05) is 12.3 Å². The van der Waals surface area contributed by atoms with Crippen LogP contribution in [0, 0.1) is 6.92 Å². The summed E-state index contributed by atoms with van der Waals surface area (Å²) in [4.78, 5) is 13.8. The highest BCUT2D eigenvalue weighted by Crippen LogP contribution is 2.29. The number of H-pyrrole nitrogens is 1. The number of nitrogens with one attached hydrogen (secondary N) is 1. The minimum atomic E-state index is -0.0487. The Morgan fingerprint density at radius 1 is 1.11 bits per heavy atom. The van der Waals surface area contributed by atoms with Gasteiger partial charge in [-0.15, -0.1) is 0 Å². The molecule has 1 aromatic heterocycles. The Morgan fingerprint density at radius 3 is 2.44 bits per heavy atom. The largest absolute Gasteiger partial charge is 0.329 e. The molecule has 0 bridgehead atoms. The van der Waals surface area contributed by atoms with Gasteiger partial charge in [-0.3, -0.25) is 4.79 Å². The molecule has 1 heterocycles. The molecule has 18 heavy (non-hydrogen) atoms. The monoisotopic (exact) mass is 241 g/mol. The van der Waals surface area contributed by atoms with Crippen LogP contribution in [0.2, 0.25) is 0 Å². The van der Waals surface area contributed by atoms with Crippen molar-refractivity contribution in [2.24, 2.45) is 0 Å². The number of benzene rings is 1. The lowest BCUT2D eigenvalue weighted by Gasteiger charge is -2.27. The Balaban J connectivity index is 2.29. The van der Waals surface area contributed by atoms with Crippen LogP contribution in [0.4, 0.5) is 0 Å². The van der Waals surface area contributed by atoms with Gasteiger partial charge in [0.25, 0.3) is 0 Å². The first-order valence-corrected chi connectivity index (χ1v) is 6.23. The molecule has 0 radical (unpaired) electrons. The van der Waals surface area contributed by atoms with Crippen LogP contribution in [-0.2, 0) is 11.8 Å². The number of aromatic amines is 1. The summed E-state index contributed by atoms with van der Waals surface area (Å²) in [5.41, 5.74) is 3.84. The zero-order valence-electron chi connectivity index (χ0n) is 11.2. The lowest BCUT2D eigenvalue weighted by atomic mass is 9.77. The van der Waals surface area contributed by atoms with Crippen LogP contribution in [0.25, 0.3) is 0 Å². The summed E-state index contributed by atoms with van der Waals surface area (Å²) in [6.45, 7) is 6.62. The lowest BCUT2D eigenvalue weighted by molar-refractivity contribution is 0.518. The standard InChI is InChI=1S/C16H19NO/c1-12-6-4-5-7-14(12)16(2,3)10-13-8-9-15(18)17-11-13/h4-9,11H,10H2,1-3H3,(H,17,18). The highest BCUT2D eigenvalue weighted by Gasteiger charge is 2.22. The van der Waals surface area contributed by atoms with Crippen LogP contribution in [0.3, 0.4) is 0 Å². The summed E-state index contributed by atoms with van der Waals surface area (Å²) in [7, 11) is 0. The Bertz CT molecular complexity index is 576. The molecule has 94 valence electrons. The SMILES string of the molecule is Cc1ccccc1C(C)(C)Cc1ccc(=O)[nH]c1. The molecule has 0 spiro atoms. The number of hydrogen-bond acceptors (Lipinski definition) is 1. The Kier molecular flexibility index (Phi) is 3.37. The Labute approximate surface area is 108 Å². The van der Waals surface area contributed by atoms with Crippen molar-refractivity contribution in [1.82, 2.24) is 4.98 Å². The maximum absolute atomic E-state index is 11.1. The second-order valence-electron chi connectivity index (χ2n) is 5.44. The smallest absolute Gasteiger partial charge is 0.247 e. The average molecular weight is 241 g/mol. The molecule has 0 aliphatic heterocycles. The third kappa shape index (κ3) is 2.70. The molecule has 2 nitrogen and oxygen atoms in total. The molecule has 0 saturated carbocycles. The molecule has 2 heteroatoms. The number of hydrogen-bond donors (Lipinski definition) is 1. The molecule has 1 aromatic carbocycles. The number of aromatic nitrogens is 1. The maximum Gasteiger partial charge on any atom is 0.247 e. The molecule has 0 amide bonds. The molecule has 0 unspecified atom stereocenters. The van der Waals surface area contributed by atoms with E-state index in [2.05, 4.69) is 50.0 Å². The number of rotatable bonds is 3. The van der Waals surface area contributed by atoms with Gasteiger partial charge in [-0.25, -0.2) is 0 Å². The van der Waals surface area contributed by atoms with Crippen LogP contribution in [0.1, 0.15) is 30.5 Å². The first kappa shape index (κ1) is 12.6. The Morgan fingerprint density at radius 2 is 1.83 bits per heavy atom.